The van der Waals surface area contributed by atoms with Crippen molar-refractivity contribution in [1.29, 1.82) is 0 Å². The molecule has 1 N–H and O–H groups in total. The van der Waals surface area contributed by atoms with Gasteiger partial charge in [0.15, 0.2) is 0 Å². The Kier molecular flexibility index (Phi) is 5.10. The Morgan fingerprint density at radius 3 is 2.52 bits per heavy atom. The van der Waals surface area contributed by atoms with Crippen LogP contribution in [-0.4, -0.2) is 11.2 Å². The Morgan fingerprint density at radius 2 is 1.83 bits per heavy atom. The first-order valence-corrected chi connectivity index (χ1v) is 8.88. The third-order valence-corrected chi connectivity index (χ3v) is 4.81. The predicted molar refractivity (Wildman–Crippen MR) is 103 cm³/mol. The zero-order valence-corrected chi connectivity index (χ0v) is 15.4. The number of aryl methyl sites for hydroxylation is 1. The second kappa shape index (κ2) is 7.25. The van der Waals surface area contributed by atoms with Gasteiger partial charge in [-0.1, -0.05) is 51.8 Å². The van der Waals surface area contributed by atoms with E-state index in [2.05, 4.69) is 31.4 Å². The van der Waals surface area contributed by atoms with Gasteiger partial charge in [-0.3, -0.25) is 5.43 Å². The van der Waals surface area contributed by atoms with Crippen LogP contribution in [0.2, 0.25) is 5.02 Å². The Balaban J connectivity index is 1.73. The van der Waals surface area contributed by atoms with Crippen molar-refractivity contribution < 1.29 is 0 Å². The molecule has 0 aliphatic rings. The summed E-state index contributed by atoms with van der Waals surface area (Å²) in [5.74, 6) is 0. The van der Waals surface area contributed by atoms with Crippen molar-refractivity contribution in [2.75, 3.05) is 5.43 Å². The molecule has 0 fully saturated rings. The molecule has 0 saturated carbocycles. The number of hydrogen-bond donors (Lipinski definition) is 1. The van der Waals surface area contributed by atoms with Gasteiger partial charge in [-0.15, -0.1) is 11.3 Å². The van der Waals surface area contributed by atoms with Gasteiger partial charge in [-0.2, -0.15) is 5.10 Å². The molecule has 6 heteroatoms. The van der Waals surface area contributed by atoms with Crippen molar-refractivity contribution >= 4 is 50.2 Å². The van der Waals surface area contributed by atoms with Gasteiger partial charge >= 0.3 is 0 Å². The van der Waals surface area contributed by atoms with Gasteiger partial charge in [0.05, 0.1) is 11.9 Å². The first-order valence-electron chi connectivity index (χ1n) is 6.90. The van der Waals surface area contributed by atoms with Crippen molar-refractivity contribution in [3.63, 3.8) is 0 Å². The molecule has 0 amide bonds. The molecule has 1 heterocycles. The molecule has 0 atom stereocenters. The van der Waals surface area contributed by atoms with Crippen LogP contribution in [0.25, 0.3) is 11.3 Å². The molecule has 0 radical (unpaired) electrons. The lowest BCUT2D eigenvalue weighted by Gasteiger charge is -1.98. The maximum Gasteiger partial charge on any atom is 0.204 e. The van der Waals surface area contributed by atoms with Crippen LogP contribution in [-0.2, 0) is 0 Å². The molecule has 0 unspecified atom stereocenters. The van der Waals surface area contributed by atoms with E-state index in [9.17, 15) is 0 Å². The molecule has 3 rings (SSSR count). The lowest BCUT2D eigenvalue weighted by Crippen LogP contribution is -1.90. The molecule has 3 aromatic rings. The van der Waals surface area contributed by atoms with Crippen LogP contribution in [0, 0.1) is 6.92 Å². The summed E-state index contributed by atoms with van der Waals surface area (Å²) in [4.78, 5) is 5.73. The van der Waals surface area contributed by atoms with E-state index in [1.165, 1.54) is 0 Å². The van der Waals surface area contributed by atoms with Crippen LogP contribution in [0.1, 0.15) is 10.4 Å². The Labute approximate surface area is 152 Å². The normalized spacial score (nSPS) is 11.1. The van der Waals surface area contributed by atoms with Gasteiger partial charge in [-0.25, -0.2) is 4.98 Å². The fourth-order valence-electron chi connectivity index (χ4n) is 2.03. The minimum atomic E-state index is 0.721. The molecule has 2 aromatic carbocycles. The molecule has 0 bridgehead atoms. The second-order valence-corrected chi connectivity index (χ2v) is 7.41. The highest BCUT2D eigenvalue weighted by molar-refractivity contribution is 9.10. The average Bonchev–Trinajstić information content (AvgIpc) is 2.91. The number of nitrogens with zero attached hydrogens (tertiary/aromatic N) is 2. The molecule has 0 saturated heterocycles. The monoisotopic (exact) mass is 405 g/mol. The standard InChI is InChI=1S/C17H13BrClN3S/c1-11-16(13-4-8-15(19)9-5-13)21-17(23-11)22-20-10-12-2-6-14(18)7-3-12/h2-10H,1H3,(H,21,22)/b20-10-. The zero-order valence-electron chi connectivity index (χ0n) is 12.3. The van der Waals surface area contributed by atoms with E-state index in [4.69, 9.17) is 11.6 Å². The van der Waals surface area contributed by atoms with Gasteiger partial charge in [0.1, 0.15) is 0 Å². The van der Waals surface area contributed by atoms with Crippen molar-refractivity contribution in [1.82, 2.24) is 4.98 Å². The SMILES string of the molecule is Cc1sc(N/N=C\c2ccc(Br)cc2)nc1-c1ccc(Cl)cc1. The maximum atomic E-state index is 5.93. The number of aromatic nitrogens is 1. The van der Waals surface area contributed by atoms with E-state index in [0.717, 1.165) is 36.3 Å². The van der Waals surface area contributed by atoms with Crippen LogP contribution in [0.5, 0.6) is 0 Å². The fourth-order valence-corrected chi connectivity index (χ4v) is 3.21. The van der Waals surface area contributed by atoms with Crippen molar-refractivity contribution in [3.05, 3.63) is 68.5 Å². The summed E-state index contributed by atoms with van der Waals surface area (Å²) in [5.41, 5.74) is 6.01. The number of hydrogen-bond acceptors (Lipinski definition) is 4. The molecule has 3 nitrogen and oxygen atoms in total. The molecule has 23 heavy (non-hydrogen) atoms. The van der Waals surface area contributed by atoms with E-state index in [1.54, 1.807) is 17.6 Å². The summed E-state index contributed by atoms with van der Waals surface area (Å²) >= 11 is 10.9. The third-order valence-electron chi connectivity index (χ3n) is 3.16. The molecule has 1 aromatic heterocycles. The quantitative estimate of drug-likeness (QED) is 0.427. The first-order chi connectivity index (χ1) is 11.1. The number of anilines is 1. The van der Waals surface area contributed by atoms with Gasteiger partial charge in [0.2, 0.25) is 5.13 Å². The number of nitrogens with one attached hydrogen (secondary N) is 1. The minimum Gasteiger partial charge on any atom is -0.253 e. The van der Waals surface area contributed by atoms with Crippen LogP contribution >= 0.6 is 38.9 Å². The van der Waals surface area contributed by atoms with Crippen molar-refractivity contribution in [3.8, 4) is 11.3 Å². The van der Waals surface area contributed by atoms with Gasteiger partial charge < -0.3 is 0 Å². The topological polar surface area (TPSA) is 37.3 Å². The third kappa shape index (κ3) is 4.19. The highest BCUT2D eigenvalue weighted by Crippen LogP contribution is 2.30. The maximum absolute atomic E-state index is 5.93. The van der Waals surface area contributed by atoms with Crippen molar-refractivity contribution in [2.45, 2.75) is 6.92 Å². The summed E-state index contributed by atoms with van der Waals surface area (Å²) in [6.45, 7) is 2.05. The molecule has 0 aliphatic carbocycles. The Morgan fingerprint density at radius 1 is 1.13 bits per heavy atom. The summed E-state index contributed by atoms with van der Waals surface area (Å²) < 4.78 is 1.05. The van der Waals surface area contributed by atoms with Gasteiger partial charge in [0, 0.05) is 19.9 Å². The highest BCUT2D eigenvalue weighted by atomic mass is 79.9. The lowest BCUT2D eigenvalue weighted by atomic mass is 10.1. The number of halogens is 2. The number of thiazole rings is 1. The van der Waals surface area contributed by atoms with E-state index in [-0.39, 0.29) is 0 Å². The average molecular weight is 407 g/mol. The summed E-state index contributed by atoms with van der Waals surface area (Å²) in [5, 5.41) is 5.73. The van der Waals surface area contributed by atoms with E-state index in [1.807, 2.05) is 55.5 Å². The Bertz CT molecular complexity index is 826. The molecule has 0 spiro atoms. The molecular formula is C17H13BrClN3S. The lowest BCUT2D eigenvalue weighted by molar-refractivity contribution is 1.28. The van der Waals surface area contributed by atoms with E-state index in [0.29, 0.717) is 0 Å². The van der Waals surface area contributed by atoms with Crippen LogP contribution < -0.4 is 5.43 Å². The smallest absolute Gasteiger partial charge is 0.204 e. The zero-order chi connectivity index (χ0) is 16.2. The minimum absolute atomic E-state index is 0.721. The largest absolute Gasteiger partial charge is 0.253 e. The summed E-state index contributed by atoms with van der Waals surface area (Å²) in [6, 6.07) is 15.6. The van der Waals surface area contributed by atoms with E-state index < -0.39 is 0 Å². The van der Waals surface area contributed by atoms with Gasteiger partial charge in [0.25, 0.3) is 0 Å². The van der Waals surface area contributed by atoms with Crippen LogP contribution in [0.15, 0.2) is 58.1 Å². The fraction of sp³-hybridized carbons (Fsp3) is 0.0588. The van der Waals surface area contributed by atoms with Gasteiger partial charge in [-0.05, 0) is 36.8 Å². The Hall–Kier alpha value is -1.69. The summed E-state index contributed by atoms with van der Waals surface area (Å²) in [7, 11) is 0. The predicted octanol–water partition coefficient (Wildman–Crippen LogP) is 5.98. The first kappa shape index (κ1) is 16.2. The summed E-state index contributed by atoms with van der Waals surface area (Å²) in [6.07, 6.45) is 1.77. The molecule has 0 aliphatic heterocycles. The highest BCUT2D eigenvalue weighted by Gasteiger charge is 2.09. The molecule has 116 valence electrons. The number of hydrazone groups is 1. The van der Waals surface area contributed by atoms with Crippen LogP contribution in [0.4, 0.5) is 5.13 Å². The number of rotatable bonds is 4. The second-order valence-electron chi connectivity index (χ2n) is 4.85. The number of benzene rings is 2. The van der Waals surface area contributed by atoms with E-state index >= 15 is 0 Å². The van der Waals surface area contributed by atoms with Crippen molar-refractivity contribution in [2.24, 2.45) is 5.10 Å². The van der Waals surface area contributed by atoms with Crippen LogP contribution in [0.3, 0.4) is 0 Å². The molecular weight excluding hydrogens is 394 g/mol.